The number of aryl methyl sites for hydroxylation is 1. The van der Waals surface area contributed by atoms with E-state index in [4.69, 9.17) is 5.11 Å². The Kier molecular flexibility index (Phi) is 3.04. The average Bonchev–Trinajstić information content (AvgIpc) is 2.92. The quantitative estimate of drug-likeness (QED) is 0.836. The highest BCUT2D eigenvalue weighted by Crippen LogP contribution is 2.40. The van der Waals surface area contributed by atoms with Crippen LogP contribution in [0.5, 0.6) is 0 Å². The minimum atomic E-state index is -0.1000. The Labute approximate surface area is 108 Å². The van der Waals surface area contributed by atoms with Crippen molar-refractivity contribution in [2.45, 2.75) is 32.5 Å². The molecule has 2 N–H and O–H groups in total. The lowest BCUT2D eigenvalue weighted by Crippen LogP contribution is -2.25. The molecule has 3 rings (SSSR count). The van der Waals surface area contributed by atoms with Crippen molar-refractivity contribution >= 4 is 5.69 Å². The molecule has 3 nitrogen and oxygen atoms in total. The summed E-state index contributed by atoms with van der Waals surface area (Å²) in [5.74, 6) is 1.12. The number of anilines is 1. The molecule has 3 heteroatoms. The molecule has 2 aliphatic rings. The second-order valence-corrected chi connectivity index (χ2v) is 5.75. The van der Waals surface area contributed by atoms with Crippen molar-refractivity contribution in [3.63, 3.8) is 0 Å². The number of nitrogens with zero attached hydrogens (tertiary/aromatic N) is 1. The van der Waals surface area contributed by atoms with E-state index in [0.29, 0.717) is 11.8 Å². The van der Waals surface area contributed by atoms with Gasteiger partial charge in [-0.3, -0.25) is 0 Å². The summed E-state index contributed by atoms with van der Waals surface area (Å²) < 4.78 is 0. The van der Waals surface area contributed by atoms with Gasteiger partial charge in [0.2, 0.25) is 0 Å². The zero-order chi connectivity index (χ0) is 12.7. The van der Waals surface area contributed by atoms with Gasteiger partial charge in [-0.1, -0.05) is 12.1 Å². The largest absolute Gasteiger partial charge is 0.393 e. The van der Waals surface area contributed by atoms with Crippen LogP contribution < -0.4 is 4.90 Å². The van der Waals surface area contributed by atoms with Crippen LogP contribution in [0.1, 0.15) is 24.0 Å². The van der Waals surface area contributed by atoms with E-state index in [1.165, 1.54) is 11.3 Å². The first-order valence-corrected chi connectivity index (χ1v) is 6.82. The molecule has 3 unspecified atom stereocenters. The molecule has 2 fully saturated rings. The first kappa shape index (κ1) is 12.0. The second-order valence-electron chi connectivity index (χ2n) is 5.75. The molecule has 1 aromatic rings. The van der Waals surface area contributed by atoms with Gasteiger partial charge >= 0.3 is 0 Å². The normalized spacial score (nSPS) is 30.8. The van der Waals surface area contributed by atoms with Crippen molar-refractivity contribution in [1.29, 1.82) is 0 Å². The van der Waals surface area contributed by atoms with Crippen LogP contribution in [0.4, 0.5) is 5.69 Å². The maximum atomic E-state index is 9.96. The van der Waals surface area contributed by atoms with Crippen molar-refractivity contribution in [2.24, 2.45) is 11.8 Å². The molecular formula is C15H21NO2. The van der Waals surface area contributed by atoms with Crippen LogP contribution in [-0.4, -0.2) is 29.4 Å². The number of aliphatic hydroxyl groups excluding tert-OH is 2. The third-order valence-electron chi connectivity index (χ3n) is 4.60. The smallest absolute Gasteiger partial charge is 0.0681 e. The Balaban J connectivity index is 1.80. The van der Waals surface area contributed by atoms with E-state index in [1.807, 2.05) is 6.07 Å². The van der Waals surface area contributed by atoms with E-state index in [2.05, 4.69) is 24.0 Å². The summed E-state index contributed by atoms with van der Waals surface area (Å²) >= 11 is 0. The first-order valence-electron chi connectivity index (χ1n) is 6.82. The number of hydrogen-bond acceptors (Lipinski definition) is 3. The molecule has 3 atom stereocenters. The number of hydrogen-bond donors (Lipinski definition) is 2. The summed E-state index contributed by atoms with van der Waals surface area (Å²) in [4.78, 5) is 2.40. The van der Waals surface area contributed by atoms with E-state index in [0.717, 1.165) is 31.5 Å². The molecule has 1 aliphatic heterocycles. The molecule has 0 bridgehead atoms. The van der Waals surface area contributed by atoms with Crippen molar-refractivity contribution in [1.82, 2.24) is 0 Å². The Morgan fingerprint density at radius 2 is 2.11 bits per heavy atom. The third kappa shape index (κ3) is 1.91. The van der Waals surface area contributed by atoms with Crippen LogP contribution >= 0.6 is 0 Å². The van der Waals surface area contributed by atoms with Crippen LogP contribution in [0.25, 0.3) is 0 Å². The van der Waals surface area contributed by atoms with Gasteiger partial charge in [0, 0.05) is 24.7 Å². The predicted molar refractivity (Wildman–Crippen MR) is 71.5 cm³/mol. The monoisotopic (exact) mass is 247 g/mol. The molecular weight excluding hydrogens is 226 g/mol. The fourth-order valence-corrected chi connectivity index (χ4v) is 3.60. The highest BCUT2D eigenvalue weighted by Gasteiger charge is 2.42. The van der Waals surface area contributed by atoms with E-state index in [1.54, 1.807) is 0 Å². The van der Waals surface area contributed by atoms with Gasteiger partial charge in [-0.05, 0) is 42.9 Å². The van der Waals surface area contributed by atoms with Gasteiger partial charge in [0.25, 0.3) is 0 Å². The maximum Gasteiger partial charge on any atom is 0.0681 e. The Hall–Kier alpha value is -1.06. The van der Waals surface area contributed by atoms with Gasteiger partial charge < -0.3 is 15.1 Å². The number of rotatable bonds is 2. The topological polar surface area (TPSA) is 43.7 Å². The Morgan fingerprint density at radius 3 is 2.78 bits per heavy atom. The zero-order valence-electron chi connectivity index (χ0n) is 10.8. The van der Waals surface area contributed by atoms with Crippen LogP contribution in [0.15, 0.2) is 18.2 Å². The Morgan fingerprint density at radius 1 is 1.28 bits per heavy atom. The van der Waals surface area contributed by atoms with Crippen LogP contribution in [0, 0.1) is 18.8 Å². The van der Waals surface area contributed by atoms with E-state index >= 15 is 0 Å². The van der Waals surface area contributed by atoms with Gasteiger partial charge in [-0.25, -0.2) is 0 Å². The lowest BCUT2D eigenvalue weighted by molar-refractivity contribution is 0.133. The molecule has 0 radical (unpaired) electrons. The molecule has 1 aliphatic carbocycles. The fourth-order valence-electron chi connectivity index (χ4n) is 3.60. The van der Waals surface area contributed by atoms with Crippen molar-refractivity contribution in [2.75, 3.05) is 18.0 Å². The highest BCUT2D eigenvalue weighted by atomic mass is 16.3. The summed E-state index contributed by atoms with van der Waals surface area (Å²) in [6, 6.07) is 6.15. The first-order chi connectivity index (χ1) is 8.69. The van der Waals surface area contributed by atoms with Gasteiger partial charge in [0.1, 0.15) is 0 Å². The number of benzene rings is 1. The van der Waals surface area contributed by atoms with Crippen molar-refractivity contribution in [3.8, 4) is 0 Å². The number of fused-ring (bicyclic) bond motifs is 1. The molecule has 98 valence electrons. The maximum absolute atomic E-state index is 9.96. The minimum absolute atomic E-state index is 0.1000. The van der Waals surface area contributed by atoms with Gasteiger partial charge in [-0.15, -0.1) is 0 Å². The molecule has 1 heterocycles. The average molecular weight is 247 g/mol. The lowest BCUT2D eigenvalue weighted by atomic mass is 10.00. The fraction of sp³-hybridized carbons (Fsp3) is 0.600. The Bertz CT molecular complexity index is 446. The van der Waals surface area contributed by atoms with Crippen LogP contribution in [0.2, 0.25) is 0 Å². The molecule has 1 aromatic carbocycles. The predicted octanol–water partition coefficient (Wildman–Crippen LogP) is 1.69. The molecule has 0 spiro atoms. The molecule has 0 aromatic heterocycles. The minimum Gasteiger partial charge on any atom is -0.393 e. The van der Waals surface area contributed by atoms with Crippen molar-refractivity contribution < 1.29 is 10.2 Å². The molecule has 0 amide bonds. The van der Waals surface area contributed by atoms with E-state index in [-0.39, 0.29) is 12.7 Å². The summed E-state index contributed by atoms with van der Waals surface area (Å²) in [6.45, 7) is 4.25. The van der Waals surface area contributed by atoms with E-state index in [9.17, 15) is 5.11 Å². The number of aliphatic hydroxyl groups is 2. The summed E-state index contributed by atoms with van der Waals surface area (Å²) in [5, 5.41) is 19.1. The van der Waals surface area contributed by atoms with Crippen molar-refractivity contribution in [3.05, 3.63) is 29.3 Å². The van der Waals surface area contributed by atoms with Gasteiger partial charge in [-0.2, -0.15) is 0 Å². The second kappa shape index (κ2) is 4.56. The van der Waals surface area contributed by atoms with Gasteiger partial charge in [0.05, 0.1) is 12.7 Å². The summed E-state index contributed by atoms with van der Waals surface area (Å²) in [6.07, 6.45) is 2.04. The standard InChI is InChI=1S/C15H21NO2/c1-10-6-11(9-17)2-4-14(10)16-7-12-3-5-15(18)13(12)8-16/h2,4,6,12-13,15,17-18H,3,5,7-9H2,1H3. The molecule has 1 saturated carbocycles. The summed E-state index contributed by atoms with van der Waals surface area (Å²) in [7, 11) is 0. The third-order valence-corrected chi connectivity index (χ3v) is 4.60. The zero-order valence-corrected chi connectivity index (χ0v) is 10.8. The summed E-state index contributed by atoms with van der Waals surface area (Å²) in [5.41, 5.74) is 3.44. The van der Waals surface area contributed by atoms with Gasteiger partial charge in [0.15, 0.2) is 0 Å². The van der Waals surface area contributed by atoms with Crippen LogP contribution in [-0.2, 0) is 6.61 Å². The van der Waals surface area contributed by atoms with Crippen LogP contribution in [0.3, 0.4) is 0 Å². The highest BCUT2D eigenvalue weighted by molar-refractivity contribution is 5.55. The molecule has 18 heavy (non-hydrogen) atoms. The molecule has 1 saturated heterocycles. The lowest BCUT2D eigenvalue weighted by Gasteiger charge is -2.23. The van der Waals surface area contributed by atoms with E-state index < -0.39 is 0 Å². The SMILES string of the molecule is Cc1cc(CO)ccc1N1CC2CCC(O)C2C1.